The van der Waals surface area contributed by atoms with Crippen LogP contribution in [-0.2, 0) is 20.7 Å². The first-order chi connectivity index (χ1) is 9.99. The number of methoxy groups -OCH3 is 1. The van der Waals surface area contributed by atoms with Gasteiger partial charge in [0, 0.05) is 13.6 Å². The second-order valence-electron chi connectivity index (χ2n) is 5.01. The van der Waals surface area contributed by atoms with Crippen molar-refractivity contribution >= 4 is 11.9 Å². The third-order valence-electron chi connectivity index (χ3n) is 3.26. The number of amides is 1. The molecular weight excluding hydrogens is 268 g/mol. The Morgan fingerprint density at radius 2 is 1.95 bits per heavy atom. The minimum absolute atomic E-state index is 0.235. The van der Waals surface area contributed by atoms with E-state index in [4.69, 9.17) is 0 Å². The molecule has 0 bridgehead atoms. The third kappa shape index (κ3) is 4.92. The van der Waals surface area contributed by atoms with E-state index in [-0.39, 0.29) is 18.4 Å². The van der Waals surface area contributed by atoms with E-state index in [1.807, 2.05) is 36.4 Å². The molecule has 0 aliphatic carbocycles. The topological polar surface area (TPSA) is 70.4 Å². The van der Waals surface area contributed by atoms with Gasteiger partial charge in [-0.3, -0.25) is 9.59 Å². The summed E-state index contributed by atoms with van der Waals surface area (Å²) in [6.07, 6.45) is 0.368. The van der Waals surface area contributed by atoms with Crippen molar-refractivity contribution in [3.05, 3.63) is 35.9 Å². The van der Waals surface area contributed by atoms with Gasteiger partial charge >= 0.3 is 5.97 Å². The molecule has 0 spiro atoms. The smallest absolute Gasteiger partial charge is 0.310 e. The summed E-state index contributed by atoms with van der Waals surface area (Å²) in [4.78, 5) is 25.1. The first-order valence-corrected chi connectivity index (χ1v) is 6.76. The van der Waals surface area contributed by atoms with Crippen molar-refractivity contribution in [2.75, 3.05) is 20.7 Å². The Bertz CT molecular complexity index is 522. The fourth-order valence-corrected chi connectivity index (χ4v) is 2.08. The highest BCUT2D eigenvalue weighted by Gasteiger charge is 2.25. The molecule has 21 heavy (non-hydrogen) atoms. The zero-order valence-corrected chi connectivity index (χ0v) is 12.6. The van der Waals surface area contributed by atoms with E-state index in [1.165, 1.54) is 12.0 Å². The highest BCUT2D eigenvalue weighted by atomic mass is 16.5. The average molecular weight is 288 g/mol. The predicted molar refractivity (Wildman–Crippen MR) is 78.1 cm³/mol. The highest BCUT2D eigenvalue weighted by Crippen LogP contribution is 2.12. The third-order valence-corrected chi connectivity index (χ3v) is 3.26. The van der Waals surface area contributed by atoms with Gasteiger partial charge in [-0.25, -0.2) is 0 Å². The molecule has 1 aromatic rings. The number of nitriles is 1. The number of esters is 1. The minimum atomic E-state index is -0.748. The summed E-state index contributed by atoms with van der Waals surface area (Å²) in [6, 6.07) is 11.4. The first kappa shape index (κ1) is 16.7. The fourth-order valence-electron chi connectivity index (χ4n) is 2.08. The summed E-state index contributed by atoms with van der Waals surface area (Å²) in [5.41, 5.74) is 0.937. The first-order valence-electron chi connectivity index (χ1n) is 6.76. The van der Waals surface area contributed by atoms with Crippen LogP contribution in [0.15, 0.2) is 30.3 Å². The minimum Gasteiger partial charge on any atom is -0.469 e. The van der Waals surface area contributed by atoms with Crippen molar-refractivity contribution in [3.8, 4) is 6.07 Å². The van der Waals surface area contributed by atoms with Crippen molar-refractivity contribution in [1.82, 2.24) is 4.90 Å². The summed E-state index contributed by atoms with van der Waals surface area (Å²) in [5, 5.41) is 9.21. The molecule has 0 aliphatic heterocycles. The van der Waals surface area contributed by atoms with Gasteiger partial charge in [0.25, 0.3) is 0 Å². The molecule has 2 unspecified atom stereocenters. The molecule has 0 radical (unpaired) electrons. The largest absolute Gasteiger partial charge is 0.469 e. The lowest BCUT2D eigenvalue weighted by molar-refractivity contribution is -0.146. The lowest BCUT2D eigenvalue weighted by Crippen LogP contribution is -2.38. The van der Waals surface area contributed by atoms with Crippen LogP contribution in [0.25, 0.3) is 0 Å². The highest BCUT2D eigenvalue weighted by molar-refractivity contribution is 5.82. The van der Waals surface area contributed by atoms with Gasteiger partial charge in [0.2, 0.25) is 5.91 Å². The standard InChI is InChI=1S/C16H20N2O3/c1-12(16(20)21-3)11-18(2)15(19)14(10-17)9-13-7-5-4-6-8-13/h4-8,12,14H,9,11H2,1-3H3. The van der Waals surface area contributed by atoms with Crippen LogP contribution in [0.2, 0.25) is 0 Å². The number of carbonyl (C=O) groups excluding carboxylic acids is 2. The van der Waals surface area contributed by atoms with Crippen LogP contribution >= 0.6 is 0 Å². The van der Waals surface area contributed by atoms with Crippen LogP contribution in [0, 0.1) is 23.2 Å². The molecule has 2 atom stereocenters. The molecule has 5 nitrogen and oxygen atoms in total. The van der Waals surface area contributed by atoms with E-state index >= 15 is 0 Å². The number of nitrogens with zero attached hydrogens (tertiary/aromatic N) is 2. The molecule has 0 N–H and O–H groups in total. The van der Waals surface area contributed by atoms with Gasteiger partial charge in [-0.1, -0.05) is 37.3 Å². The van der Waals surface area contributed by atoms with E-state index < -0.39 is 11.8 Å². The normalized spacial score (nSPS) is 12.9. The molecular formula is C16H20N2O3. The quantitative estimate of drug-likeness (QED) is 0.746. The molecule has 0 saturated carbocycles. The van der Waals surface area contributed by atoms with Crippen LogP contribution in [-0.4, -0.2) is 37.5 Å². The maximum absolute atomic E-state index is 12.3. The summed E-state index contributed by atoms with van der Waals surface area (Å²) in [6.45, 7) is 1.92. The number of rotatable bonds is 6. The summed E-state index contributed by atoms with van der Waals surface area (Å²) in [5.74, 6) is -1.81. The second-order valence-corrected chi connectivity index (χ2v) is 5.01. The van der Waals surface area contributed by atoms with Crippen LogP contribution in [0.4, 0.5) is 0 Å². The SMILES string of the molecule is COC(=O)C(C)CN(C)C(=O)C(C#N)Cc1ccccc1. The van der Waals surface area contributed by atoms with Gasteiger partial charge in [-0.2, -0.15) is 5.26 Å². The molecule has 0 saturated heterocycles. The lowest BCUT2D eigenvalue weighted by Gasteiger charge is -2.22. The van der Waals surface area contributed by atoms with E-state index in [2.05, 4.69) is 4.74 Å². The van der Waals surface area contributed by atoms with E-state index in [0.717, 1.165) is 5.56 Å². The predicted octanol–water partition coefficient (Wildman–Crippen LogP) is 1.64. The summed E-state index contributed by atoms with van der Waals surface area (Å²) in [7, 11) is 2.91. The zero-order chi connectivity index (χ0) is 15.8. The second kappa shape index (κ2) is 8.05. The Hall–Kier alpha value is -2.35. The van der Waals surface area contributed by atoms with Gasteiger partial charge in [-0.15, -0.1) is 0 Å². The number of ether oxygens (including phenoxy) is 1. The van der Waals surface area contributed by atoms with E-state index in [0.29, 0.717) is 6.42 Å². The fraction of sp³-hybridized carbons (Fsp3) is 0.438. The molecule has 112 valence electrons. The molecule has 0 fully saturated rings. The van der Waals surface area contributed by atoms with Crippen LogP contribution < -0.4 is 0 Å². The Balaban J connectivity index is 2.66. The zero-order valence-electron chi connectivity index (χ0n) is 12.6. The lowest BCUT2D eigenvalue weighted by atomic mass is 9.99. The van der Waals surface area contributed by atoms with E-state index in [1.54, 1.807) is 14.0 Å². The Morgan fingerprint density at radius 1 is 1.33 bits per heavy atom. The number of hydrogen-bond acceptors (Lipinski definition) is 4. The van der Waals surface area contributed by atoms with Crippen LogP contribution in [0.3, 0.4) is 0 Å². The number of carbonyl (C=O) groups is 2. The van der Waals surface area contributed by atoms with Crippen molar-refractivity contribution in [1.29, 1.82) is 5.26 Å². The van der Waals surface area contributed by atoms with E-state index in [9.17, 15) is 14.9 Å². The van der Waals surface area contributed by atoms with Gasteiger partial charge in [-0.05, 0) is 12.0 Å². The molecule has 0 aromatic heterocycles. The molecule has 5 heteroatoms. The monoisotopic (exact) mass is 288 g/mol. The summed E-state index contributed by atoms with van der Waals surface area (Å²) < 4.78 is 4.63. The Kier molecular flexibility index (Phi) is 6.41. The molecule has 1 rings (SSSR count). The van der Waals surface area contributed by atoms with Crippen molar-refractivity contribution in [2.45, 2.75) is 13.3 Å². The van der Waals surface area contributed by atoms with Gasteiger partial charge in [0.1, 0.15) is 5.92 Å². The molecule has 1 amide bonds. The average Bonchev–Trinajstić information content (AvgIpc) is 2.51. The van der Waals surface area contributed by atoms with Gasteiger partial charge < -0.3 is 9.64 Å². The van der Waals surface area contributed by atoms with Gasteiger partial charge in [0.15, 0.2) is 0 Å². The maximum Gasteiger partial charge on any atom is 0.310 e. The maximum atomic E-state index is 12.3. The Labute approximate surface area is 125 Å². The molecule has 0 heterocycles. The van der Waals surface area contributed by atoms with Crippen molar-refractivity contribution in [2.24, 2.45) is 11.8 Å². The number of hydrogen-bond donors (Lipinski definition) is 0. The Morgan fingerprint density at radius 3 is 2.48 bits per heavy atom. The molecule has 1 aromatic carbocycles. The van der Waals surface area contributed by atoms with Crippen molar-refractivity contribution < 1.29 is 14.3 Å². The van der Waals surface area contributed by atoms with Gasteiger partial charge in [0.05, 0.1) is 19.1 Å². The van der Waals surface area contributed by atoms with Crippen molar-refractivity contribution in [3.63, 3.8) is 0 Å². The molecule has 0 aliphatic rings. The van der Waals surface area contributed by atoms with Crippen LogP contribution in [0.1, 0.15) is 12.5 Å². The summed E-state index contributed by atoms with van der Waals surface area (Å²) >= 11 is 0. The van der Waals surface area contributed by atoms with Crippen LogP contribution in [0.5, 0.6) is 0 Å². The number of benzene rings is 1.